The van der Waals surface area contributed by atoms with Crippen molar-refractivity contribution in [1.29, 1.82) is 0 Å². The lowest BCUT2D eigenvalue weighted by molar-refractivity contribution is 0.590. The zero-order valence-electron chi connectivity index (χ0n) is 37.6. The van der Waals surface area contributed by atoms with Gasteiger partial charge in [-0.15, -0.1) is 45.3 Å². The van der Waals surface area contributed by atoms with Gasteiger partial charge in [0.2, 0.25) is 0 Å². The first-order valence-corrected chi connectivity index (χ1v) is 28.2. The molecule has 0 saturated carbocycles. The number of aryl methyl sites for hydroxylation is 4. The fraction of sp³-hybridized carbons (Fsp3) is 0.667. The van der Waals surface area contributed by atoms with E-state index in [1.165, 1.54) is 205 Å². The van der Waals surface area contributed by atoms with Crippen molar-refractivity contribution in [2.75, 3.05) is 0 Å². The van der Waals surface area contributed by atoms with Gasteiger partial charge in [0.15, 0.2) is 0 Å². The van der Waals surface area contributed by atoms with Crippen LogP contribution in [-0.4, -0.2) is 0 Å². The molecule has 0 N–H and O–H groups in total. The maximum Gasteiger partial charge on any atom is 0.0446 e. The number of fused-ring (bicyclic) bond motifs is 11. The molecule has 0 fully saturated rings. The number of unbranched alkanes of at least 4 members (excludes halogenated alkanes) is 24. The SMILES string of the molecule is CCCCCCCCCc1cc2c3cc(CCCCCCCCC)sc3c3c4sc(CCCCCCCCC)cc4c4cc(CCCCCCCCC)sc4c3c2s1. The Morgan fingerprint density at radius 3 is 0.655 bits per heavy atom. The Balaban J connectivity index is 1.37. The van der Waals surface area contributed by atoms with Crippen molar-refractivity contribution in [3.63, 3.8) is 0 Å². The average Bonchev–Trinajstić information content (AvgIpc) is 4.04. The Kier molecular flexibility index (Phi) is 20.2. The summed E-state index contributed by atoms with van der Waals surface area (Å²) in [6.07, 6.45) is 43.7. The van der Waals surface area contributed by atoms with Crippen LogP contribution in [0.4, 0.5) is 0 Å². The van der Waals surface area contributed by atoms with Crippen molar-refractivity contribution < 1.29 is 0 Å². The number of rotatable bonds is 32. The molecule has 0 nitrogen and oxygen atoms in total. The zero-order valence-corrected chi connectivity index (χ0v) is 40.8. The summed E-state index contributed by atoms with van der Waals surface area (Å²) in [4.78, 5) is 6.49. The van der Waals surface area contributed by atoms with E-state index in [0.29, 0.717) is 0 Å². The molecule has 320 valence electrons. The Bertz CT molecular complexity index is 1770. The maximum atomic E-state index is 2.66. The molecule has 0 unspecified atom stereocenters. The van der Waals surface area contributed by atoms with Crippen LogP contribution in [0, 0.1) is 0 Å². The van der Waals surface area contributed by atoms with Gasteiger partial charge < -0.3 is 0 Å². The van der Waals surface area contributed by atoms with Crippen LogP contribution in [-0.2, 0) is 25.7 Å². The van der Waals surface area contributed by atoms with Crippen molar-refractivity contribution in [2.45, 2.75) is 233 Å². The van der Waals surface area contributed by atoms with Gasteiger partial charge in [0.1, 0.15) is 0 Å². The minimum absolute atomic E-state index is 1.24. The first-order valence-electron chi connectivity index (χ1n) is 24.9. The number of hydrogen-bond donors (Lipinski definition) is 0. The summed E-state index contributed by atoms with van der Waals surface area (Å²) < 4.78 is 6.39. The van der Waals surface area contributed by atoms with Crippen LogP contribution >= 0.6 is 45.3 Å². The Labute approximate surface area is 371 Å². The van der Waals surface area contributed by atoms with E-state index in [-0.39, 0.29) is 0 Å². The van der Waals surface area contributed by atoms with Gasteiger partial charge in [0.25, 0.3) is 0 Å². The first-order chi connectivity index (χ1) is 28.7. The first kappa shape index (κ1) is 46.1. The van der Waals surface area contributed by atoms with E-state index in [1.807, 2.05) is 0 Å². The summed E-state index contributed by atoms with van der Waals surface area (Å²) in [5.74, 6) is 0. The van der Waals surface area contributed by atoms with E-state index in [1.54, 1.807) is 70.6 Å². The molecular weight excluding hydrogens is 777 g/mol. The van der Waals surface area contributed by atoms with Gasteiger partial charge in [-0.2, -0.15) is 0 Å². The summed E-state index contributed by atoms with van der Waals surface area (Å²) in [5.41, 5.74) is 0. The lowest BCUT2D eigenvalue weighted by atomic mass is 9.99. The summed E-state index contributed by atoms with van der Waals surface area (Å²) in [7, 11) is 0. The quantitative estimate of drug-likeness (QED) is 0.0371. The maximum absolute atomic E-state index is 2.66. The summed E-state index contributed by atoms with van der Waals surface area (Å²) in [5, 5.41) is 9.49. The predicted molar refractivity (Wildman–Crippen MR) is 272 cm³/mol. The molecule has 4 aromatic heterocycles. The molecule has 4 heteroatoms. The van der Waals surface area contributed by atoms with E-state index >= 15 is 0 Å². The number of thiophene rings is 4. The second kappa shape index (κ2) is 25.5. The van der Waals surface area contributed by atoms with E-state index in [4.69, 9.17) is 0 Å². The smallest absolute Gasteiger partial charge is 0.0446 e. The average molecular weight is 858 g/mol. The van der Waals surface area contributed by atoms with E-state index in [9.17, 15) is 0 Å². The Morgan fingerprint density at radius 2 is 0.448 bits per heavy atom. The highest BCUT2D eigenvalue weighted by Crippen LogP contribution is 2.52. The Hall–Kier alpha value is -1.46. The number of hydrogen-bond acceptors (Lipinski definition) is 4. The van der Waals surface area contributed by atoms with Gasteiger partial charge in [-0.3, -0.25) is 0 Å². The van der Waals surface area contributed by atoms with Crippen LogP contribution in [0.5, 0.6) is 0 Å². The summed E-state index contributed by atoms with van der Waals surface area (Å²) in [6.45, 7) is 9.31. The van der Waals surface area contributed by atoms with Gasteiger partial charge in [-0.05, 0) is 75.6 Å². The molecular formula is C54H80S4. The molecule has 0 atom stereocenters. The molecule has 6 rings (SSSR count). The van der Waals surface area contributed by atoms with Crippen LogP contribution < -0.4 is 0 Å². The molecule has 2 aromatic carbocycles. The fourth-order valence-corrected chi connectivity index (χ4v) is 14.7. The van der Waals surface area contributed by atoms with Crippen molar-refractivity contribution in [2.24, 2.45) is 0 Å². The van der Waals surface area contributed by atoms with Crippen LogP contribution in [0.25, 0.3) is 51.1 Å². The Morgan fingerprint density at radius 1 is 0.259 bits per heavy atom. The molecule has 4 heterocycles. The van der Waals surface area contributed by atoms with E-state index < -0.39 is 0 Å². The summed E-state index contributed by atoms with van der Waals surface area (Å²) in [6, 6.07) is 10.6. The topological polar surface area (TPSA) is 0 Å². The molecule has 0 aliphatic carbocycles. The van der Waals surface area contributed by atoms with Crippen LogP contribution in [0.15, 0.2) is 24.3 Å². The summed E-state index contributed by atoms with van der Waals surface area (Å²) >= 11 is 8.66. The molecule has 58 heavy (non-hydrogen) atoms. The monoisotopic (exact) mass is 857 g/mol. The molecule has 0 aliphatic heterocycles. The predicted octanol–water partition coefficient (Wildman–Crippen LogP) is 20.9. The molecule has 6 aromatic rings. The van der Waals surface area contributed by atoms with Gasteiger partial charge in [0.05, 0.1) is 0 Å². The molecule has 0 aliphatic rings. The lowest BCUT2D eigenvalue weighted by Crippen LogP contribution is -1.83. The van der Waals surface area contributed by atoms with Gasteiger partial charge in [-0.25, -0.2) is 0 Å². The molecule has 0 amide bonds. The molecule has 0 saturated heterocycles. The third-order valence-corrected chi connectivity index (χ3v) is 17.8. The molecule has 0 bridgehead atoms. The highest BCUT2D eigenvalue weighted by Gasteiger charge is 2.23. The third-order valence-electron chi connectivity index (χ3n) is 13.0. The van der Waals surface area contributed by atoms with Gasteiger partial charge in [0, 0.05) is 70.6 Å². The van der Waals surface area contributed by atoms with Crippen molar-refractivity contribution >= 4 is 96.5 Å². The number of benzene rings is 2. The standard InChI is InChI=1S/C54H80S4/c1-5-9-13-17-21-25-29-33-41-37-45-46-38-42(34-30-26-22-18-14-10-6-2)56-52(46)50-49(51(45)55-41)53-47(39-43(57-53)35-31-27-23-19-15-11-7-3)48-40-44(58-54(48)50)36-32-28-24-20-16-12-8-4/h37-40H,5-36H2,1-4H3. The molecule has 0 radical (unpaired) electrons. The highest BCUT2D eigenvalue weighted by atomic mass is 32.1. The van der Waals surface area contributed by atoms with E-state index in [0.717, 1.165) is 0 Å². The van der Waals surface area contributed by atoms with Gasteiger partial charge >= 0.3 is 0 Å². The highest BCUT2D eigenvalue weighted by molar-refractivity contribution is 7.27. The normalized spacial score (nSPS) is 12.3. The van der Waals surface area contributed by atoms with Crippen LogP contribution in [0.1, 0.15) is 227 Å². The van der Waals surface area contributed by atoms with Crippen molar-refractivity contribution in [1.82, 2.24) is 0 Å². The minimum Gasteiger partial charge on any atom is -0.140 e. The van der Waals surface area contributed by atoms with Crippen molar-refractivity contribution in [3.8, 4) is 0 Å². The van der Waals surface area contributed by atoms with E-state index in [2.05, 4.69) is 97.3 Å². The zero-order chi connectivity index (χ0) is 40.4. The lowest BCUT2D eigenvalue weighted by Gasteiger charge is -2.07. The largest absolute Gasteiger partial charge is 0.140 e. The third kappa shape index (κ3) is 12.8. The minimum atomic E-state index is 1.24. The second-order valence-corrected chi connectivity index (χ2v) is 22.6. The molecule has 0 spiro atoms. The second-order valence-electron chi connectivity index (χ2n) is 18.1. The van der Waals surface area contributed by atoms with Crippen LogP contribution in [0.2, 0.25) is 0 Å². The van der Waals surface area contributed by atoms with Crippen molar-refractivity contribution in [3.05, 3.63) is 43.8 Å². The van der Waals surface area contributed by atoms with Crippen LogP contribution in [0.3, 0.4) is 0 Å². The fourth-order valence-electron chi connectivity index (χ4n) is 9.49. The van der Waals surface area contributed by atoms with Gasteiger partial charge in [-0.1, -0.05) is 182 Å².